The molecule has 1 aliphatic heterocycles. The summed E-state index contributed by atoms with van der Waals surface area (Å²) in [5, 5.41) is 3.91. The Morgan fingerprint density at radius 2 is 2.29 bits per heavy atom. The van der Waals surface area contributed by atoms with E-state index < -0.39 is 0 Å². The Balaban J connectivity index is 1.87. The van der Waals surface area contributed by atoms with Crippen molar-refractivity contribution in [3.63, 3.8) is 0 Å². The first-order valence-corrected chi connectivity index (χ1v) is 7.65. The first-order chi connectivity index (χ1) is 10.1. The molecule has 0 saturated carbocycles. The number of rotatable bonds is 2. The minimum absolute atomic E-state index is 0.0225. The van der Waals surface area contributed by atoms with Gasteiger partial charge < -0.3 is 15.2 Å². The fourth-order valence-electron chi connectivity index (χ4n) is 2.69. The van der Waals surface area contributed by atoms with Crippen LogP contribution < -0.4 is 5.73 Å². The number of aryl methyl sites for hydroxylation is 1. The van der Waals surface area contributed by atoms with Crippen LogP contribution in [-0.4, -0.2) is 22.5 Å². The summed E-state index contributed by atoms with van der Waals surface area (Å²) in [6, 6.07) is 7.14. The molecule has 0 aliphatic carbocycles. The summed E-state index contributed by atoms with van der Waals surface area (Å²) >= 11 is 3.34. The molecule has 1 fully saturated rings. The summed E-state index contributed by atoms with van der Waals surface area (Å²) in [7, 11) is 0. The van der Waals surface area contributed by atoms with Gasteiger partial charge in [0, 0.05) is 28.3 Å². The van der Waals surface area contributed by atoms with Crippen molar-refractivity contribution < 1.29 is 9.32 Å². The summed E-state index contributed by atoms with van der Waals surface area (Å²) < 4.78 is 6.13. The highest BCUT2D eigenvalue weighted by atomic mass is 79.9. The number of anilines is 1. The first-order valence-electron chi connectivity index (χ1n) is 6.85. The Hall–Kier alpha value is -1.82. The molecule has 2 aromatic rings. The third-order valence-electron chi connectivity index (χ3n) is 3.73. The van der Waals surface area contributed by atoms with Crippen molar-refractivity contribution in [1.29, 1.82) is 0 Å². The number of aromatic nitrogens is 1. The number of likely N-dealkylation sites (tertiary alicyclic amines) is 1. The molecule has 0 spiro atoms. The molecule has 0 bridgehead atoms. The van der Waals surface area contributed by atoms with E-state index in [1.807, 2.05) is 17.9 Å². The van der Waals surface area contributed by atoms with Crippen molar-refractivity contribution >= 4 is 27.5 Å². The van der Waals surface area contributed by atoms with Crippen LogP contribution in [0.4, 0.5) is 5.69 Å². The molecule has 1 aromatic carbocycles. The van der Waals surface area contributed by atoms with Gasteiger partial charge in [-0.15, -0.1) is 0 Å². The lowest BCUT2D eigenvalue weighted by molar-refractivity contribution is 0.0714. The van der Waals surface area contributed by atoms with E-state index in [1.165, 1.54) is 0 Å². The highest BCUT2D eigenvalue weighted by molar-refractivity contribution is 9.10. The Labute approximate surface area is 131 Å². The largest absolute Gasteiger partial charge is 0.398 e. The van der Waals surface area contributed by atoms with E-state index in [0.29, 0.717) is 11.3 Å². The molecular weight excluding hydrogens is 334 g/mol. The molecule has 1 saturated heterocycles. The van der Waals surface area contributed by atoms with Crippen molar-refractivity contribution in [2.24, 2.45) is 0 Å². The topological polar surface area (TPSA) is 72.4 Å². The molecule has 2 heterocycles. The number of amides is 1. The molecule has 21 heavy (non-hydrogen) atoms. The molecular formula is C15H16BrN3O2. The maximum atomic E-state index is 12.7. The van der Waals surface area contributed by atoms with Gasteiger partial charge in [-0.1, -0.05) is 5.16 Å². The average Bonchev–Trinajstić information content (AvgIpc) is 3.09. The van der Waals surface area contributed by atoms with Gasteiger partial charge in [0.05, 0.1) is 11.7 Å². The number of carbonyl (C=O) groups excluding carboxylic acids is 1. The standard InChI is InChI=1S/C15H16BrN3O2/c1-9-7-14(21-18-9)13-3-2-6-19(13)15(20)10-4-5-11(16)12(17)8-10/h4-5,7-8,13H,2-3,6,17H2,1H3. The van der Waals surface area contributed by atoms with Gasteiger partial charge in [0.1, 0.15) is 0 Å². The van der Waals surface area contributed by atoms with Crippen molar-refractivity contribution in [2.45, 2.75) is 25.8 Å². The zero-order chi connectivity index (χ0) is 15.0. The minimum atomic E-state index is -0.0384. The normalized spacial score (nSPS) is 18.2. The van der Waals surface area contributed by atoms with Crippen LogP contribution in [0.15, 0.2) is 33.3 Å². The second-order valence-corrected chi connectivity index (χ2v) is 6.12. The fourth-order valence-corrected chi connectivity index (χ4v) is 2.94. The number of carbonyl (C=O) groups is 1. The number of halogens is 1. The number of hydrogen-bond donors (Lipinski definition) is 1. The molecule has 1 aliphatic rings. The van der Waals surface area contributed by atoms with Crippen LogP contribution >= 0.6 is 15.9 Å². The van der Waals surface area contributed by atoms with E-state index in [-0.39, 0.29) is 11.9 Å². The summed E-state index contributed by atoms with van der Waals surface area (Å²) in [6.45, 7) is 2.60. The van der Waals surface area contributed by atoms with Crippen molar-refractivity contribution in [3.05, 3.63) is 45.8 Å². The average molecular weight is 350 g/mol. The van der Waals surface area contributed by atoms with Gasteiger partial charge in [0.25, 0.3) is 5.91 Å². The number of nitrogens with two attached hydrogens (primary N) is 1. The van der Waals surface area contributed by atoms with Crippen molar-refractivity contribution in [1.82, 2.24) is 10.1 Å². The van der Waals surface area contributed by atoms with E-state index in [2.05, 4.69) is 21.1 Å². The maximum absolute atomic E-state index is 12.7. The second kappa shape index (κ2) is 5.52. The second-order valence-electron chi connectivity index (χ2n) is 5.26. The van der Waals surface area contributed by atoms with Gasteiger partial charge in [-0.25, -0.2) is 0 Å². The smallest absolute Gasteiger partial charge is 0.254 e. The van der Waals surface area contributed by atoms with E-state index in [0.717, 1.165) is 35.3 Å². The van der Waals surface area contributed by atoms with E-state index in [1.54, 1.807) is 18.2 Å². The van der Waals surface area contributed by atoms with Crippen LogP contribution in [0.25, 0.3) is 0 Å². The molecule has 2 N–H and O–H groups in total. The van der Waals surface area contributed by atoms with Gasteiger partial charge >= 0.3 is 0 Å². The van der Waals surface area contributed by atoms with Gasteiger partial charge in [-0.2, -0.15) is 0 Å². The lowest BCUT2D eigenvalue weighted by atomic mass is 10.1. The minimum Gasteiger partial charge on any atom is -0.398 e. The monoisotopic (exact) mass is 349 g/mol. The number of hydrogen-bond acceptors (Lipinski definition) is 4. The maximum Gasteiger partial charge on any atom is 0.254 e. The van der Waals surface area contributed by atoms with Crippen LogP contribution in [0.1, 0.15) is 40.7 Å². The molecule has 1 amide bonds. The predicted octanol–water partition coefficient (Wildman–Crippen LogP) is 3.31. The fraction of sp³-hybridized carbons (Fsp3) is 0.333. The Morgan fingerprint density at radius 1 is 1.48 bits per heavy atom. The van der Waals surface area contributed by atoms with Crippen LogP contribution in [0.3, 0.4) is 0 Å². The lowest BCUT2D eigenvalue weighted by Gasteiger charge is -2.23. The Kier molecular flexibility index (Phi) is 3.71. The van der Waals surface area contributed by atoms with Gasteiger partial charge in [0.15, 0.2) is 5.76 Å². The van der Waals surface area contributed by atoms with E-state index >= 15 is 0 Å². The van der Waals surface area contributed by atoms with Crippen molar-refractivity contribution in [2.75, 3.05) is 12.3 Å². The summed E-state index contributed by atoms with van der Waals surface area (Å²) in [6.07, 6.45) is 1.86. The summed E-state index contributed by atoms with van der Waals surface area (Å²) in [4.78, 5) is 14.5. The van der Waals surface area contributed by atoms with Crippen molar-refractivity contribution in [3.8, 4) is 0 Å². The van der Waals surface area contributed by atoms with Gasteiger partial charge in [-0.05, 0) is 53.9 Å². The van der Waals surface area contributed by atoms with Crippen LogP contribution in [-0.2, 0) is 0 Å². The molecule has 5 nitrogen and oxygen atoms in total. The number of benzene rings is 1. The first kappa shape index (κ1) is 14.1. The van der Waals surface area contributed by atoms with Crippen LogP contribution in [0.2, 0.25) is 0 Å². The zero-order valence-electron chi connectivity index (χ0n) is 11.7. The van der Waals surface area contributed by atoms with Gasteiger partial charge in [0.2, 0.25) is 0 Å². The summed E-state index contributed by atoms with van der Waals surface area (Å²) in [5.41, 5.74) is 7.85. The number of nitrogen functional groups attached to an aromatic ring is 1. The lowest BCUT2D eigenvalue weighted by Crippen LogP contribution is -2.30. The molecule has 1 atom stereocenters. The molecule has 0 radical (unpaired) electrons. The molecule has 1 unspecified atom stereocenters. The van der Waals surface area contributed by atoms with Gasteiger partial charge in [-0.3, -0.25) is 4.79 Å². The Morgan fingerprint density at radius 3 is 2.95 bits per heavy atom. The number of nitrogens with zero attached hydrogens (tertiary/aromatic N) is 2. The summed E-state index contributed by atoms with van der Waals surface area (Å²) in [5.74, 6) is 0.731. The van der Waals surface area contributed by atoms with Crippen LogP contribution in [0.5, 0.6) is 0 Å². The quantitative estimate of drug-likeness (QED) is 0.844. The zero-order valence-corrected chi connectivity index (χ0v) is 13.3. The molecule has 6 heteroatoms. The third-order valence-corrected chi connectivity index (χ3v) is 4.45. The third kappa shape index (κ3) is 2.68. The highest BCUT2D eigenvalue weighted by Crippen LogP contribution is 2.34. The molecule has 110 valence electrons. The molecule has 3 rings (SSSR count). The predicted molar refractivity (Wildman–Crippen MR) is 82.8 cm³/mol. The van der Waals surface area contributed by atoms with Crippen LogP contribution in [0, 0.1) is 6.92 Å². The van der Waals surface area contributed by atoms with E-state index in [4.69, 9.17) is 10.3 Å². The highest BCUT2D eigenvalue weighted by Gasteiger charge is 2.33. The molecule has 1 aromatic heterocycles. The SMILES string of the molecule is Cc1cc(C2CCCN2C(=O)c2ccc(Br)c(N)c2)on1. The Bertz CT molecular complexity index is 683. The van der Waals surface area contributed by atoms with E-state index in [9.17, 15) is 4.79 Å².